The summed E-state index contributed by atoms with van der Waals surface area (Å²) in [5.41, 5.74) is 7.58. The number of fused-ring (bicyclic) bond motifs is 1. The van der Waals surface area contributed by atoms with E-state index in [2.05, 4.69) is 15.2 Å². The van der Waals surface area contributed by atoms with Gasteiger partial charge in [-0.1, -0.05) is 11.6 Å². The van der Waals surface area contributed by atoms with Crippen LogP contribution in [-0.2, 0) is 4.74 Å². The van der Waals surface area contributed by atoms with E-state index in [0.717, 1.165) is 48.5 Å². The van der Waals surface area contributed by atoms with E-state index in [0.29, 0.717) is 36.4 Å². The molecule has 0 spiro atoms. The topological polar surface area (TPSA) is 72.6 Å². The number of nitrogens with one attached hydrogen (secondary N) is 1. The molecule has 1 aliphatic rings. The average Bonchev–Trinajstić information content (AvgIpc) is 2.97. The van der Waals surface area contributed by atoms with Crippen LogP contribution in [0.5, 0.6) is 5.88 Å². The molecule has 0 aliphatic carbocycles. The standard InChI is InChI=1S/C16H23ClN4O2S/c1-11-13-12(18)10-24-16(13)20-15(14(11)17)23-9-8-22-7-6-21-4-2-19-3-5-21/h10,19H,2-9,18H2,1H3. The van der Waals surface area contributed by atoms with Crippen LogP contribution in [0.1, 0.15) is 5.56 Å². The van der Waals surface area contributed by atoms with Gasteiger partial charge in [-0.25, -0.2) is 4.98 Å². The summed E-state index contributed by atoms with van der Waals surface area (Å²) in [7, 11) is 0. The van der Waals surface area contributed by atoms with Gasteiger partial charge in [0.1, 0.15) is 16.5 Å². The zero-order valence-electron chi connectivity index (χ0n) is 13.8. The molecule has 0 aromatic carbocycles. The van der Waals surface area contributed by atoms with Gasteiger partial charge in [-0.2, -0.15) is 0 Å². The molecule has 2 aromatic rings. The summed E-state index contributed by atoms with van der Waals surface area (Å²) in [6.45, 7) is 8.85. The lowest BCUT2D eigenvalue weighted by atomic mass is 10.2. The number of halogens is 1. The first-order valence-electron chi connectivity index (χ1n) is 8.13. The molecular formula is C16H23ClN4O2S. The Balaban J connectivity index is 1.45. The van der Waals surface area contributed by atoms with Crippen LogP contribution in [0.15, 0.2) is 5.38 Å². The van der Waals surface area contributed by atoms with E-state index in [-0.39, 0.29) is 0 Å². The number of nitrogens with zero attached hydrogens (tertiary/aromatic N) is 2. The third kappa shape index (κ3) is 4.10. The van der Waals surface area contributed by atoms with Crippen molar-refractivity contribution in [1.29, 1.82) is 0 Å². The molecule has 1 fully saturated rings. The monoisotopic (exact) mass is 370 g/mol. The Morgan fingerprint density at radius 1 is 1.33 bits per heavy atom. The van der Waals surface area contributed by atoms with Gasteiger partial charge in [-0.15, -0.1) is 11.3 Å². The predicted molar refractivity (Wildman–Crippen MR) is 99.4 cm³/mol. The first-order valence-corrected chi connectivity index (χ1v) is 9.39. The van der Waals surface area contributed by atoms with E-state index < -0.39 is 0 Å². The average molecular weight is 371 g/mol. The molecule has 8 heteroatoms. The van der Waals surface area contributed by atoms with Gasteiger partial charge in [-0.05, 0) is 12.5 Å². The highest BCUT2D eigenvalue weighted by molar-refractivity contribution is 7.17. The third-order valence-corrected chi connectivity index (χ3v) is 5.46. The summed E-state index contributed by atoms with van der Waals surface area (Å²) >= 11 is 7.85. The normalized spacial score (nSPS) is 15.9. The molecule has 3 rings (SSSR count). The van der Waals surface area contributed by atoms with E-state index >= 15 is 0 Å². The first-order chi connectivity index (χ1) is 11.7. The molecule has 0 radical (unpaired) electrons. The van der Waals surface area contributed by atoms with E-state index in [9.17, 15) is 0 Å². The molecule has 3 heterocycles. The summed E-state index contributed by atoms with van der Waals surface area (Å²) < 4.78 is 11.3. The fraction of sp³-hybridized carbons (Fsp3) is 0.562. The van der Waals surface area contributed by atoms with Gasteiger partial charge < -0.3 is 20.5 Å². The first kappa shape index (κ1) is 17.7. The number of hydrogen-bond acceptors (Lipinski definition) is 7. The lowest BCUT2D eigenvalue weighted by Gasteiger charge is -2.26. The lowest BCUT2D eigenvalue weighted by molar-refractivity contribution is 0.0758. The second-order valence-corrected chi connectivity index (χ2v) is 7.02. The quantitative estimate of drug-likeness (QED) is 0.727. The smallest absolute Gasteiger partial charge is 0.234 e. The van der Waals surface area contributed by atoms with Crippen LogP contribution in [0.2, 0.25) is 5.02 Å². The zero-order chi connectivity index (χ0) is 16.9. The molecule has 0 saturated carbocycles. The summed E-state index contributed by atoms with van der Waals surface area (Å²) in [5.74, 6) is 0.453. The molecule has 0 amide bonds. The van der Waals surface area contributed by atoms with E-state index in [1.54, 1.807) is 0 Å². The molecule has 132 valence electrons. The Labute approximate surface area is 150 Å². The van der Waals surface area contributed by atoms with Crippen molar-refractivity contribution >= 4 is 38.8 Å². The van der Waals surface area contributed by atoms with Crippen molar-refractivity contribution in [3.8, 4) is 5.88 Å². The number of piperazine rings is 1. The van der Waals surface area contributed by atoms with Crippen LogP contribution in [0.3, 0.4) is 0 Å². The number of ether oxygens (including phenoxy) is 2. The fourth-order valence-corrected chi connectivity index (χ4v) is 3.83. The maximum atomic E-state index is 6.35. The summed E-state index contributed by atoms with van der Waals surface area (Å²) in [4.78, 5) is 7.71. The van der Waals surface area contributed by atoms with Gasteiger partial charge in [-0.3, -0.25) is 4.90 Å². The Morgan fingerprint density at radius 3 is 2.92 bits per heavy atom. The number of pyridine rings is 1. The van der Waals surface area contributed by atoms with E-state index in [1.807, 2.05) is 12.3 Å². The molecule has 24 heavy (non-hydrogen) atoms. The van der Waals surface area contributed by atoms with Crippen molar-refractivity contribution in [2.24, 2.45) is 0 Å². The highest BCUT2D eigenvalue weighted by atomic mass is 35.5. The number of anilines is 1. The SMILES string of the molecule is Cc1c(Cl)c(OCCOCCN2CCNCC2)nc2scc(N)c12. The maximum absolute atomic E-state index is 6.35. The number of hydrogen-bond donors (Lipinski definition) is 2. The molecule has 3 N–H and O–H groups in total. The molecule has 2 aromatic heterocycles. The second kappa shape index (κ2) is 8.31. The van der Waals surface area contributed by atoms with Crippen molar-refractivity contribution in [3.63, 3.8) is 0 Å². The van der Waals surface area contributed by atoms with Gasteiger partial charge in [0.15, 0.2) is 0 Å². The summed E-state index contributed by atoms with van der Waals surface area (Å²) in [5, 5.41) is 6.66. The second-order valence-electron chi connectivity index (χ2n) is 5.78. The fourth-order valence-electron chi connectivity index (χ4n) is 2.75. The minimum absolute atomic E-state index is 0.431. The number of rotatable bonds is 7. The Morgan fingerprint density at radius 2 is 2.12 bits per heavy atom. The number of aryl methyl sites for hydroxylation is 1. The maximum Gasteiger partial charge on any atom is 0.234 e. The molecular weight excluding hydrogens is 348 g/mol. The number of nitrogen functional groups attached to an aromatic ring is 1. The lowest BCUT2D eigenvalue weighted by Crippen LogP contribution is -2.44. The van der Waals surface area contributed by atoms with Crippen LogP contribution in [-0.4, -0.2) is 62.4 Å². The number of nitrogens with two attached hydrogens (primary N) is 1. The van der Waals surface area contributed by atoms with Gasteiger partial charge in [0.25, 0.3) is 0 Å². The minimum Gasteiger partial charge on any atom is -0.474 e. The molecule has 0 bridgehead atoms. The van der Waals surface area contributed by atoms with Crippen molar-refractivity contribution in [2.45, 2.75) is 6.92 Å². The van der Waals surface area contributed by atoms with Crippen LogP contribution >= 0.6 is 22.9 Å². The number of thiophene rings is 1. The van der Waals surface area contributed by atoms with Crippen LogP contribution in [0.4, 0.5) is 5.69 Å². The number of aromatic nitrogens is 1. The summed E-state index contributed by atoms with van der Waals surface area (Å²) in [6.07, 6.45) is 0. The third-order valence-electron chi connectivity index (χ3n) is 4.12. The van der Waals surface area contributed by atoms with E-state index in [4.69, 9.17) is 26.8 Å². The molecule has 6 nitrogen and oxygen atoms in total. The molecule has 0 unspecified atom stereocenters. The largest absolute Gasteiger partial charge is 0.474 e. The minimum atomic E-state index is 0.431. The Kier molecular flexibility index (Phi) is 6.13. The molecule has 1 saturated heterocycles. The van der Waals surface area contributed by atoms with Gasteiger partial charge >= 0.3 is 0 Å². The van der Waals surface area contributed by atoms with Crippen LogP contribution in [0, 0.1) is 6.92 Å². The van der Waals surface area contributed by atoms with Gasteiger partial charge in [0.2, 0.25) is 5.88 Å². The summed E-state index contributed by atoms with van der Waals surface area (Å²) in [6, 6.07) is 0. The van der Waals surface area contributed by atoms with Gasteiger partial charge in [0, 0.05) is 43.5 Å². The van der Waals surface area contributed by atoms with Crippen molar-refractivity contribution in [1.82, 2.24) is 15.2 Å². The van der Waals surface area contributed by atoms with E-state index in [1.165, 1.54) is 11.3 Å². The Hall–Kier alpha value is -1.12. The molecule has 0 atom stereocenters. The van der Waals surface area contributed by atoms with Crippen molar-refractivity contribution in [3.05, 3.63) is 16.0 Å². The van der Waals surface area contributed by atoms with Crippen molar-refractivity contribution in [2.75, 3.05) is 58.3 Å². The van der Waals surface area contributed by atoms with Crippen LogP contribution in [0.25, 0.3) is 10.2 Å². The highest BCUT2D eigenvalue weighted by Crippen LogP contribution is 2.37. The molecule has 1 aliphatic heterocycles. The van der Waals surface area contributed by atoms with Crippen molar-refractivity contribution < 1.29 is 9.47 Å². The Bertz CT molecular complexity index is 688. The predicted octanol–water partition coefficient (Wildman–Crippen LogP) is 2.14. The van der Waals surface area contributed by atoms with Crippen LogP contribution < -0.4 is 15.8 Å². The highest BCUT2D eigenvalue weighted by Gasteiger charge is 2.15. The van der Waals surface area contributed by atoms with Gasteiger partial charge in [0.05, 0.1) is 18.9 Å². The zero-order valence-corrected chi connectivity index (χ0v) is 15.4.